The number of ether oxygens (including phenoxy) is 1. The van der Waals surface area contributed by atoms with Gasteiger partial charge in [-0.2, -0.15) is 13.2 Å². The summed E-state index contributed by atoms with van der Waals surface area (Å²) < 4.78 is 43.6. The van der Waals surface area contributed by atoms with Gasteiger partial charge in [0.2, 0.25) is 0 Å². The zero-order chi connectivity index (χ0) is 20.9. The van der Waals surface area contributed by atoms with Gasteiger partial charge in [-0.1, -0.05) is 31.2 Å². The summed E-state index contributed by atoms with van der Waals surface area (Å²) >= 11 is 1.36. The van der Waals surface area contributed by atoms with Gasteiger partial charge in [0, 0.05) is 17.5 Å². The predicted octanol–water partition coefficient (Wildman–Crippen LogP) is 5.55. The largest absolute Gasteiger partial charge is 0.489 e. The lowest BCUT2D eigenvalue weighted by Crippen LogP contribution is -2.24. The maximum atomic E-state index is 12.6. The van der Waals surface area contributed by atoms with Crippen LogP contribution in [0.15, 0.2) is 53.9 Å². The van der Waals surface area contributed by atoms with E-state index >= 15 is 0 Å². The molecular weight excluding hydrogens is 401 g/mol. The van der Waals surface area contributed by atoms with E-state index in [1.165, 1.54) is 23.5 Å². The summed E-state index contributed by atoms with van der Waals surface area (Å²) in [4.78, 5) is 16.4. The van der Waals surface area contributed by atoms with Crippen LogP contribution in [0.3, 0.4) is 0 Å². The Balaban J connectivity index is 1.66. The Morgan fingerprint density at radius 2 is 1.93 bits per heavy atom. The van der Waals surface area contributed by atoms with E-state index in [0.717, 1.165) is 24.1 Å². The molecule has 0 unspecified atom stereocenters. The third-order valence-electron chi connectivity index (χ3n) is 4.04. The molecule has 1 N–H and O–H groups in total. The lowest BCUT2D eigenvalue weighted by molar-refractivity contribution is -0.137. The van der Waals surface area contributed by atoms with E-state index in [9.17, 15) is 18.0 Å². The summed E-state index contributed by atoms with van der Waals surface area (Å²) in [6, 6.07) is 12.1. The topological polar surface area (TPSA) is 51.2 Å². The highest BCUT2D eigenvalue weighted by molar-refractivity contribution is 7.13. The first-order valence-electron chi connectivity index (χ1n) is 9.00. The second-order valence-electron chi connectivity index (χ2n) is 6.30. The summed E-state index contributed by atoms with van der Waals surface area (Å²) in [5.41, 5.74) is 1.11. The highest BCUT2D eigenvalue weighted by Gasteiger charge is 2.29. The van der Waals surface area contributed by atoms with Crippen molar-refractivity contribution in [2.75, 3.05) is 6.54 Å². The highest BCUT2D eigenvalue weighted by atomic mass is 32.1. The van der Waals surface area contributed by atoms with Crippen LogP contribution < -0.4 is 10.1 Å². The first-order chi connectivity index (χ1) is 13.9. The molecule has 0 radical (unpaired) electrons. The van der Waals surface area contributed by atoms with Gasteiger partial charge in [0.25, 0.3) is 5.91 Å². The Bertz CT molecular complexity index is 969. The van der Waals surface area contributed by atoms with Gasteiger partial charge in [0.05, 0.1) is 5.56 Å². The fraction of sp³-hybridized carbons (Fsp3) is 0.238. The van der Waals surface area contributed by atoms with E-state index in [-0.39, 0.29) is 12.5 Å². The minimum Gasteiger partial charge on any atom is -0.489 e. The van der Waals surface area contributed by atoms with E-state index in [1.54, 1.807) is 23.6 Å². The normalized spacial score (nSPS) is 11.3. The number of nitrogens with zero attached hydrogens (tertiary/aromatic N) is 1. The average molecular weight is 420 g/mol. The monoisotopic (exact) mass is 420 g/mol. The van der Waals surface area contributed by atoms with E-state index in [4.69, 9.17) is 4.74 Å². The number of rotatable bonds is 7. The number of halogens is 3. The molecule has 3 rings (SSSR count). The van der Waals surface area contributed by atoms with E-state index in [1.807, 2.05) is 13.0 Å². The zero-order valence-electron chi connectivity index (χ0n) is 15.6. The molecule has 29 heavy (non-hydrogen) atoms. The molecule has 0 aliphatic heterocycles. The minimum absolute atomic E-state index is 0.143. The van der Waals surface area contributed by atoms with Gasteiger partial charge in [-0.25, -0.2) is 4.98 Å². The third kappa shape index (κ3) is 5.57. The van der Waals surface area contributed by atoms with Gasteiger partial charge in [-0.3, -0.25) is 4.79 Å². The number of hydrogen-bond donors (Lipinski definition) is 1. The predicted molar refractivity (Wildman–Crippen MR) is 106 cm³/mol. The summed E-state index contributed by atoms with van der Waals surface area (Å²) in [6.07, 6.45) is -3.51. The van der Waals surface area contributed by atoms with Crippen LogP contribution in [0.2, 0.25) is 0 Å². The van der Waals surface area contributed by atoms with Crippen molar-refractivity contribution in [2.24, 2.45) is 0 Å². The third-order valence-corrected chi connectivity index (χ3v) is 4.93. The molecule has 152 valence electrons. The fourth-order valence-electron chi connectivity index (χ4n) is 2.52. The Kier molecular flexibility index (Phi) is 6.53. The van der Waals surface area contributed by atoms with Crippen LogP contribution in [0, 0.1) is 0 Å². The molecule has 0 atom stereocenters. The average Bonchev–Trinajstić information content (AvgIpc) is 3.21. The summed E-state index contributed by atoms with van der Waals surface area (Å²) in [6.45, 7) is 2.71. The summed E-state index contributed by atoms with van der Waals surface area (Å²) in [7, 11) is 0. The Labute approximate surface area is 170 Å². The second-order valence-corrected chi connectivity index (χ2v) is 7.16. The molecule has 4 nitrogen and oxygen atoms in total. The molecule has 1 amide bonds. The van der Waals surface area contributed by atoms with Gasteiger partial charge in [0.1, 0.15) is 23.1 Å². The van der Waals surface area contributed by atoms with Gasteiger partial charge >= 0.3 is 6.18 Å². The van der Waals surface area contributed by atoms with Crippen LogP contribution in [0.1, 0.15) is 35.0 Å². The Hall–Kier alpha value is -2.87. The number of amides is 1. The van der Waals surface area contributed by atoms with Crippen molar-refractivity contribution in [3.8, 4) is 16.3 Å². The van der Waals surface area contributed by atoms with Crippen LogP contribution in [0.25, 0.3) is 10.6 Å². The lowest BCUT2D eigenvalue weighted by atomic mass is 10.1. The number of aromatic nitrogens is 1. The maximum absolute atomic E-state index is 12.6. The van der Waals surface area contributed by atoms with Crippen molar-refractivity contribution < 1.29 is 22.7 Å². The van der Waals surface area contributed by atoms with Crippen molar-refractivity contribution in [2.45, 2.75) is 26.1 Å². The highest BCUT2D eigenvalue weighted by Crippen LogP contribution is 2.30. The standard InChI is InChI=1S/C21H19F3N2O2S/c1-2-10-25-19(27)18-13-29-20(26-18)15-4-3-5-17(11-15)28-12-14-6-8-16(9-7-14)21(22,23)24/h3-9,11,13H,2,10,12H2,1H3,(H,25,27). The second kappa shape index (κ2) is 9.09. The molecule has 0 aliphatic rings. The van der Waals surface area contributed by atoms with Crippen molar-refractivity contribution in [3.63, 3.8) is 0 Å². The number of carbonyl (C=O) groups excluding carboxylic acids is 1. The van der Waals surface area contributed by atoms with Gasteiger partial charge in [-0.15, -0.1) is 11.3 Å². The van der Waals surface area contributed by atoms with E-state index < -0.39 is 11.7 Å². The fourth-order valence-corrected chi connectivity index (χ4v) is 3.31. The first kappa shape index (κ1) is 20.9. The van der Waals surface area contributed by atoms with Crippen molar-refractivity contribution in [1.29, 1.82) is 0 Å². The lowest BCUT2D eigenvalue weighted by Gasteiger charge is -2.09. The minimum atomic E-state index is -4.35. The van der Waals surface area contributed by atoms with Crippen molar-refractivity contribution in [1.82, 2.24) is 10.3 Å². The molecule has 0 bridgehead atoms. The number of alkyl halides is 3. The van der Waals surface area contributed by atoms with E-state index in [2.05, 4.69) is 10.3 Å². The van der Waals surface area contributed by atoms with Gasteiger partial charge in [-0.05, 0) is 36.2 Å². The SMILES string of the molecule is CCCNC(=O)c1csc(-c2cccc(OCc3ccc(C(F)(F)F)cc3)c2)n1. The van der Waals surface area contributed by atoms with Crippen molar-refractivity contribution in [3.05, 3.63) is 70.7 Å². The molecule has 0 aliphatic carbocycles. The van der Waals surface area contributed by atoms with Crippen molar-refractivity contribution >= 4 is 17.2 Å². The van der Waals surface area contributed by atoms with Crippen LogP contribution in [-0.4, -0.2) is 17.4 Å². The van der Waals surface area contributed by atoms with Crippen LogP contribution >= 0.6 is 11.3 Å². The number of carbonyl (C=O) groups is 1. The van der Waals surface area contributed by atoms with E-state index in [0.29, 0.717) is 28.6 Å². The van der Waals surface area contributed by atoms with Crippen LogP contribution in [0.5, 0.6) is 5.75 Å². The molecule has 0 fully saturated rings. The molecule has 2 aromatic carbocycles. The van der Waals surface area contributed by atoms with Gasteiger partial charge < -0.3 is 10.1 Å². The quantitative estimate of drug-likeness (QED) is 0.545. The molecule has 8 heteroatoms. The Morgan fingerprint density at radius 1 is 1.17 bits per heavy atom. The summed E-state index contributed by atoms with van der Waals surface area (Å²) in [5.74, 6) is 0.360. The molecule has 0 spiro atoms. The molecule has 1 heterocycles. The maximum Gasteiger partial charge on any atom is 0.416 e. The number of nitrogens with one attached hydrogen (secondary N) is 1. The zero-order valence-corrected chi connectivity index (χ0v) is 16.4. The number of thiazole rings is 1. The number of benzene rings is 2. The molecule has 1 aromatic heterocycles. The molecular formula is C21H19F3N2O2S. The summed E-state index contributed by atoms with van der Waals surface area (Å²) in [5, 5.41) is 5.18. The molecule has 0 saturated heterocycles. The van der Waals surface area contributed by atoms with Crippen LogP contribution in [-0.2, 0) is 12.8 Å². The Morgan fingerprint density at radius 3 is 2.62 bits per heavy atom. The van der Waals surface area contributed by atoms with Gasteiger partial charge in [0.15, 0.2) is 0 Å². The smallest absolute Gasteiger partial charge is 0.416 e. The molecule has 0 saturated carbocycles. The van der Waals surface area contributed by atoms with Crippen LogP contribution in [0.4, 0.5) is 13.2 Å². The number of hydrogen-bond acceptors (Lipinski definition) is 4. The molecule has 3 aromatic rings. The first-order valence-corrected chi connectivity index (χ1v) is 9.88.